The summed E-state index contributed by atoms with van der Waals surface area (Å²) in [6.45, 7) is 0. The molecule has 0 aliphatic carbocycles. The Morgan fingerprint density at radius 1 is 0.420 bits per heavy atom. The summed E-state index contributed by atoms with van der Waals surface area (Å²) in [4.78, 5) is 34.7. The third kappa shape index (κ3) is 7.05. The molecule has 0 bridgehead atoms. The molecular weight excluding hydrogens is 621 g/mol. The van der Waals surface area contributed by atoms with Crippen molar-refractivity contribution in [3.8, 4) is 34.2 Å². The number of rotatable bonds is 8. The second kappa shape index (κ2) is 15.0. The van der Waals surface area contributed by atoms with Crippen molar-refractivity contribution in [1.82, 2.24) is 29.5 Å². The number of aromatic amines is 2. The highest BCUT2D eigenvalue weighted by molar-refractivity contribution is 5.64. The summed E-state index contributed by atoms with van der Waals surface area (Å²) in [6, 6.07) is 50.9. The van der Waals surface area contributed by atoms with Crippen molar-refractivity contribution in [1.29, 1.82) is 0 Å². The maximum atomic E-state index is 13.1. The highest BCUT2D eigenvalue weighted by Crippen LogP contribution is 2.24. The summed E-state index contributed by atoms with van der Waals surface area (Å²) < 4.78 is 3.03. The first-order valence-electron chi connectivity index (χ1n) is 16.3. The van der Waals surface area contributed by atoms with Crippen LogP contribution in [0.4, 0.5) is 0 Å². The van der Waals surface area contributed by atoms with Crippen LogP contribution in [0, 0.1) is 0 Å². The van der Waals surface area contributed by atoms with Crippen molar-refractivity contribution < 1.29 is 0 Å². The first kappa shape index (κ1) is 31.8. The zero-order chi connectivity index (χ0) is 34.1. The highest BCUT2D eigenvalue weighted by atomic mass is 16.1. The smallest absolute Gasteiger partial charge is 0.276 e. The molecule has 0 atom stereocenters. The summed E-state index contributed by atoms with van der Waals surface area (Å²) in [5.41, 5.74) is 7.18. The minimum absolute atomic E-state index is 0.0681. The summed E-state index contributed by atoms with van der Waals surface area (Å²) >= 11 is 0. The Hall–Kier alpha value is -6.80. The van der Waals surface area contributed by atoms with Crippen LogP contribution < -0.4 is 11.1 Å². The van der Waals surface area contributed by atoms with Crippen molar-refractivity contribution in [3.63, 3.8) is 0 Å². The Morgan fingerprint density at radius 3 is 1.10 bits per heavy atom. The molecule has 8 nitrogen and oxygen atoms in total. The van der Waals surface area contributed by atoms with E-state index in [-0.39, 0.29) is 11.1 Å². The number of nitrogens with zero attached hydrogens (tertiary/aromatic N) is 4. The number of pyridine rings is 2. The van der Waals surface area contributed by atoms with Gasteiger partial charge in [-0.1, -0.05) is 133 Å². The van der Waals surface area contributed by atoms with Gasteiger partial charge < -0.3 is 0 Å². The number of nitrogens with one attached hydrogen (secondary N) is 2. The molecule has 0 aliphatic heterocycles. The Bertz CT molecular complexity index is 2210. The largest absolute Gasteiger partial charge is 0.289 e. The van der Waals surface area contributed by atoms with Gasteiger partial charge >= 0.3 is 0 Å². The second-order valence-electron chi connectivity index (χ2n) is 11.6. The van der Waals surface area contributed by atoms with Crippen molar-refractivity contribution in [2.75, 3.05) is 0 Å². The topological polar surface area (TPSA) is 101 Å². The average Bonchev–Trinajstić information content (AvgIpc) is 3.69. The van der Waals surface area contributed by atoms with Gasteiger partial charge in [-0.15, -0.1) is 0 Å². The van der Waals surface area contributed by atoms with Crippen LogP contribution in [0.5, 0.6) is 0 Å². The highest BCUT2D eigenvalue weighted by Gasteiger charge is 2.19. The fourth-order valence-electron chi connectivity index (χ4n) is 5.85. The lowest BCUT2D eigenvalue weighted by atomic mass is 10.0. The number of aromatic nitrogens is 6. The SMILES string of the molecule is O=c1c(Cc2ccccc2)c(-c2ccccc2)[nH]n1-c1ccccn1.O=c1c(Cc2ccccc2)c(-c2ccccc2)[nH]n1-c1ccccn1. The van der Waals surface area contributed by atoms with Gasteiger partial charge in [0.25, 0.3) is 11.1 Å². The fraction of sp³-hybridized carbons (Fsp3) is 0.0476. The van der Waals surface area contributed by atoms with Crippen LogP contribution >= 0.6 is 0 Å². The van der Waals surface area contributed by atoms with Gasteiger partial charge in [-0.25, -0.2) is 19.3 Å². The van der Waals surface area contributed by atoms with E-state index in [1.165, 1.54) is 9.36 Å². The van der Waals surface area contributed by atoms with E-state index in [2.05, 4.69) is 20.2 Å². The van der Waals surface area contributed by atoms with Crippen LogP contribution in [0.25, 0.3) is 34.2 Å². The Labute approximate surface area is 289 Å². The quantitative estimate of drug-likeness (QED) is 0.176. The lowest BCUT2D eigenvalue weighted by Gasteiger charge is -2.03. The van der Waals surface area contributed by atoms with Crippen LogP contribution in [-0.4, -0.2) is 29.5 Å². The molecule has 0 radical (unpaired) electrons. The van der Waals surface area contributed by atoms with E-state index in [0.29, 0.717) is 24.5 Å². The Balaban J connectivity index is 0.000000157. The van der Waals surface area contributed by atoms with E-state index in [9.17, 15) is 9.59 Å². The van der Waals surface area contributed by atoms with Crippen molar-refractivity contribution in [2.24, 2.45) is 0 Å². The van der Waals surface area contributed by atoms with Gasteiger partial charge in [0.2, 0.25) is 0 Å². The summed E-state index contributed by atoms with van der Waals surface area (Å²) in [5, 5.41) is 6.49. The zero-order valence-corrected chi connectivity index (χ0v) is 27.2. The monoisotopic (exact) mass is 654 g/mol. The van der Waals surface area contributed by atoms with Gasteiger partial charge in [-0.3, -0.25) is 19.8 Å². The third-order valence-electron chi connectivity index (χ3n) is 8.30. The van der Waals surface area contributed by atoms with Crippen molar-refractivity contribution >= 4 is 0 Å². The van der Waals surface area contributed by atoms with Gasteiger partial charge in [0.05, 0.1) is 11.4 Å². The van der Waals surface area contributed by atoms with E-state index in [4.69, 9.17) is 0 Å². The molecule has 4 heterocycles. The van der Waals surface area contributed by atoms with E-state index < -0.39 is 0 Å². The molecule has 4 aromatic carbocycles. The maximum absolute atomic E-state index is 13.1. The normalized spacial score (nSPS) is 10.7. The van der Waals surface area contributed by atoms with Crippen molar-refractivity contribution in [3.05, 3.63) is 213 Å². The van der Waals surface area contributed by atoms with Crippen LogP contribution in [0.15, 0.2) is 180 Å². The Morgan fingerprint density at radius 2 is 0.760 bits per heavy atom. The maximum Gasteiger partial charge on any atom is 0.276 e. The molecule has 50 heavy (non-hydrogen) atoms. The Kier molecular flexibility index (Phi) is 9.51. The zero-order valence-electron chi connectivity index (χ0n) is 27.2. The van der Waals surface area contributed by atoms with Gasteiger partial charge in [0.15, 0.2) is 11.6 Å². The van der Waals surface area contributed by atoms with Crippen LogP contribution in [0.1, 0.15) is 22.3 Å². The minimum atomic E-state index is -0.0681. The first-order chi connectivity index (χ1) is 24.7. The molecule has 4 aromatic heterocycles. The van der Waals surface area contributed by atoms with Gasteiger partial charge in [0, 0.05) is 36.4 Å². The molecule has 0 spiro atoms. The minimum Gasteiger partial charge on any atom is -0.289 e. The molecule has 0 amide bonds. The molecule has 2 N–H and O–H groups in total. The van der Waals surface area contributed by atoms with Gasteiger partial charge in [0.1, 0.15) is 0 Å². The van der Waals surface area contributed by atoms with E-state index in [0.717, 1.165) is 44.8 Å². The van der Waals surface area contributed by atoms with E-state index >= 15 is 0 Å². The number of benzene rings is 4. The van der Waals surface area contributed by atoms with Crippen molar-refractivity contribution in [2.45, 2.75) is 12.8 Å². The molecule has 8 heteroatoms. The molecule has 0 saturated heterocycles. The third-order valence-corrected chi connectivity index (χ3v) is 8.30. The second-order valence-corrected chi connectivity index (χ2v) is 11.6. The molecule has 0 unspecified atom stereocenters. The summed E-state index contributed by atoms with van der Waals surface area (Å²) in [5.74, 6) is 1.17. The molecule has 0 saturated carbocycles. The molecular formula is C42H34N6O2. The van der Waals surface area contributed by atoms with Crippen LogP contribution in [0.3, 0.4) is 0 Å². The van der Waals surface area contributed by atoms with Crippen LogP contribution in [0.2, 0.25) is 0 Å². The summed E-state index contributed by atoms with van der Waals surface area (Å²) in [7, 11) is 0. The predicted molar refractivity (Wildman–Crippen MR) is 198 cm³/mol. The number of H-pyrrole nitrogens is 2. The molecule has 8 rings (SSSR count). The average molecular weight is 655 g/mol. The number of hydrogen-bond acceptors (Lipinski definition) is 4. The van der Waals surface area contributed by atoms with Crippen LogP contribution in [-0.2, 0) is 12.8 Å². The summed E-state index contributed by atoms with van der Waals surface area (Å²) in [6.07, 6.45) is 4.50. The molecule has 0 aliphatic rings. The lowest BCUT2D eigenvalue weighted by molar-refractivity contribution is 0.819. The molecule has 244 valence electrons. The first-order valence-corrected chi connectivity index (χ1v) is 16.3. The van der Waals surface area contributed by atoms with Gasteiger partial charge in [-0.05, 0) is 46.5 Å². The van der Waals surface area contributed by atoms with E-state index in [1.807, 2.05) is 158 Å². The molecule has 0 fully saturated rings. The fourth-order valence-corrected chi connectivity index (χ4v) is 5.85. The standard InChI is InChI=1S/2C21H17N3O/c2*25-21-18(15-16-9-3-1-4-10-16)20(17-11-5-2-6-12-17)23-24(21)19-13-7-8-14-22-19/h2*1-14,23H,15H2. The molecule has 8 aromatic rings. The van der Waals surface area contributed by atoms with Gasteiger partial charge in [-0.2, -0.15) is 0 Å². The lowest BCUT2D eigenvalue weighted by Crippen LogP contribution is -2.18. The van der Waals surface area contributed by atoms with E-state index in [1.54, 1.807) is 12.4 Å². The number of hydrogen-bond donors (Lipinski definition) is 2. The predicted octanol–water partition coefficient (Wildman–Crippen LogP) is 7.64.